The first-order valence-electron chi connectivity index (χ1n) is 6.09. The Bertz CT molecular complexity index is 623. The molecule has 3 rings (SSSR count). The van der Waals surface area contributed by atoms with E-state index in [4.69, 9.17) is 4.74 Å². The lowest BCUT2D eigenvalue weighted by Gasteiger charge is -2.11. The number of rotatable bonds is 4. The second kappa shape index (κ2) is 5.41. The number of aromatic amines is 1. The smallest absolute Gasteiger partial charge is 0.272 e. The number of ether oxygens (including phenoxy) is 1. The molecule has 0 atom stereocenters. The molecule has 7 nitrogen and oxygen atoms in total. The Morgan fingerprint density at radius 3 is 3.00 bits per heavy atom. The normalized spacial score (nSPS) is 13.6. The summed E-state index contributed by atoms with van der Waals surface area (Å²) in [4.78, 5) is 14.1. The molecule has 1 aliphatic heterocycles. The molecule has 3 heterocycles. The zero-order valence-corrected chi connectivity index (χ0v) is 12.6. The Hall–Kier alpha value is -1.61. The number of anilines is 1. The first-order valence-corrected chi connectivity index (χ1v) is 8.06. The average Bonchev–Trinajstić information content (AvgIpc) is 3.06. The molecule has 0 fully saturated rings. The highest BCUT2D eigenvalue weighted by Gasteiger charge is 2.28. The van der Waals surface area contributed by atoms with E-state index in [0.717, 1.165) is 17.1 Å². The van der Waals surface area contributed by atoms with E-state index in [-0.39, 0.29) is 18.0 Å². The van der Waals surface area contributed by atoms with Crippen LogP contribution in [0.3, 0.4) is 0 Å². The molecule has 2 aromatic rings. The fourth-order valence-corrected chi connectivity index (χ4v) is 4.38. The highest BCUT2D eigenvalue weighted by Crippen LogP contribution is 2.45. The Morgan fingerprint density at radius 1 is 1.45 bits per heavy atom. The van der Waals surface area contributed by atoms with E-state index in [9.17, 15) is 4.79 Å². The molecule has 20 heavy (non-hydrogen) atoms. The average molecular weight is 311 g/mol. The van der Waals surface area contributed by atoms with Gasteiger partial charge in [-0.1, -0.05) is 5.10 Å². The van der Waals surface area contributed by atoms with Crippen LogP contribution in [0.4, 0.5) is 5.95 Å². The van der Waals surface area contributed by atoms with Crippen molar-refractivity contribution in [1.82, 2.24) is 20.6 Å². The maximum atomic E-state index is 12.3. The first-order chi connectivity index (χ1) is 9.65. The van der Waals surface area contributed by atoms with Gasteiger partial charge in [-0.15, -0.1) is 16.4 Å². The van der Waals surface area contributed by atoms with Crippen LogP contribution in [0.15, 0.2) is 0 Å². The zero-order valence-electron chi connectivity index (χ0n) is 11.0. The van der Waals surface area contributed by atoms with E-state index >= 15 is 0 Å². The number of thiophene rings is 1. The van der Waals surface area contributed by atoms with Crippen LogP contribution in [-0.2, 0) is 11.5 Å². The number of H-pyrrole nitrogens is 1. The van der Waals surface area contributed by atoms with E-state index in [1.54, 1.807) is 0 Å². The van der Waals surface area contributed by atoms with Crippen LogP contribution in [0.25, 0.3) is 0 Å². The molecule has 0 radical (unpaired) electrons. The molecule has 0 bridgehead atoms. The van der Waals surface area contributed by atoms with Crippen LogP contribution < -0.4 is 10.1 Å². The summed E-state index contributed by atoms with van der Waals surface area (Å²) in [6, 6.07) is 0. The second-order valence-corrected chi connectivity index (χ2v) is 6.60. The maximum absolute atomic E-state index is 12.3. The fourth-order valence-electron chi connectivity index (χ4n) is 1.89. The van der Waals surface area contributed by atoms with Crippen molar-refractivity contribution in [2.24, 2.45) is 0 Å². The Balaban J connectivity index is 1.90. The summed E-state index contributed by atoms with van der Waals surface area (Å²) in [7, 11) is 0. The van der Waals surface area contributed by atoms with Crippen molar-refractivity contribution >= 4 is 35.0 Å². The number of fused-ring (bicyclic) bond motifs is 1. The highest BCUT2D eigenvalue weighted by molar-refractivity contribution is 7.98. The molecule has 2 N–H and O–H groups in total. The van der Waals surface area contributed by atoms with E-state index in [0.29, 0.717) is 10.6 Å². The standard InChI is InChI=1S/C11H13N5O2S2/c1-5(2)18-8-6-3-19-4-7(6)20-9(8)10(17)12-11-13-15-16-14-11/h5H,3-4H2,1-2H3,(H2,12,13,14,15,16,17). The summed E-state index contributed by atoms with van der Waals surface area (Å²) >= 11 is 3.31. The number of amides is 1. The van der Waals surface area contributed by atoms with Gasteiger partial charge >= 0.3 is 0 Å². The second-order valence-electron chi connectivity index (χ2n) is 4.51. The highest BCUT2D eigenvalue weighted by atomic mass is 32.2. The van der Waals surface area contributed by atoms with E-state index in [1.165, 1.54) is 16.2 Å². The number of nitrogens with one attached hydrogen (secondary N) is 2. The molecule has 1 aliphatic rings. The minimum atomic E-state index is -0.258. The monoisotopic (exact) mass is 311 g/mol. The van der Waals surface area contributed by atoms with Crippen LogP contribution in [0.5, 0.6) is 5.75 Å². The molecule has 0 aliphatic carbocycles. The Kier molecular flexibility index (Phi) is 3.62. The Labute approximate surface area is 123 Å². The summed E-state index contributed by atoms with van der Waals surface area (Å²) in [6.45, 7) is 3.90. The van der Waals surface area contributed by atoms with Gasteiger partial charge in [-0.3, -0.25) is 10.1 Å². The molecule has 9 heteroatoms. The molecule has 0 spiro atoms. The number of hydrogen-bond acceptors (Lipinski definition) is 7. The van der Waals surface area contributed by atoms with Gasteiger partial charge in [-0.25, -0.2) is 0 Å². The summed E-state index contributed by atoms with van der Waals surface area (Å²) < 4.78 is 5.84. The minimum absolute atomic E-state index is 0.0241. The van der Waals surface area contributed by atoms with Crippen LogP contribution in [-0.4, -0.2) is 32.6 Å². The van der Waals surface area contributed by atoms with Crippen LogP contribution >= 0.6 is 23.1 Å². The van der Waals surface area contributed by atoms with Crippen molar-refractivity contribution < 1.29 is 9.53 Å². The van der Waals surface area contributed by atoms with Crippen molar-refractivity contribution in [2.75, 3.05) is 5.32 Å². The third kappa shape index (κ3) is 2.50. The molecule has 0 unspecified atom stereocenters. The van der Waals surface area contributed by atoms with Crippen molar-refractivity contribution in [3.8, 4) is 5.75 Å². The zero-order chi connectivity index (χ0) is 14.1. The number of tetrazole rings is 1. The van der Waals surface area contributed by atoms with Gasteiger partial charge in [0, 0.05) is 21.9 Å². The van der Waals surface area contributed by atoms with Gasteiger partial charge in [0.1, 0.15) is 10.6 Å². The Morgan fingerprint density at radius 2 is 2.30 bits per heavy atom. The molecular formula is C11H13N5O2S2. The van der Waals surface area contributed by atoms with Gasteiger partial charge in [0.2, 0.25) is 0 Å². The molecule has 2 aromatic heterocycles. The lowest BCUT2D eigenvalue weighted by molar-refractivity contribution is 0.102. The summed E-state index contributed by atoms with van der Waals surface area (Å²) in [6.07, 6.45) is 0.0241. The summed E-state index contributed by atoms with van der Waals surface area (Å²) in [5.74, 6) is 2.43. The lowest BCUT2D eigenvalue weighted by Crippen LogP contribution is -2.15. The van der Waals surface area contributed by atoms with Crippen LogP contribution in [0.2, 0.25) is 0 Å². The quantitative estimate of drug-likeness (QED) is 0.897. The van der Waals surface area contributed by atoms with Crippen molar-refractivity contribution in [3.63, 3.8) is 0 Å². The number of thioether (sulfide) groups is 1. The van der Waals surface area contributed by atoms with Gasteiger partial charge in [0.25, 0.3) is 11.9 Å². The number of carbonyl (C=O) groups excluding carboxylic acids is 1. The van der Waals surface area contributed by atoms with E-state index in [1.807, 2.05) is 25.6 Å². The number of hydrogen-bond donors (Lipinski definition) is 2. The lowest BCUT2D eigenvalue weighted by atomic mass is 10.2. The molecule has 106 valence electrons. The molecule has 0 saturated heterocycles. The number of carbonyl (C=O) groups is 1. The van der Waals surface area contributed by atoms with Crippen LogP contribution in [0, 0.1) is 0 Å². The largest absolute Gasteiger partial charge is 0.489 e. The predicted molar refractivity (Wildman–Crippen MR) is 77.2 cm³/mol. The van der Waals surface area contributed by atoms with Crippen molar-refractivity contribution in [3.05, 3.63) is 15.3 Å². The van der Waals surface area contributed by atoms with E-state index < -0.39 is 0 Å². The van der Waals surface area contributed by atoms with Gasteiger partial charge in [-0.2, -0.15) is 17.0 Å². The first kappa shape index (κ1) is 13.4. The summed E-state index contributed by atoms with van der Waals surface area (Å²) in [5, 5.41) is 15.7. The third-order valence-corrected chi connectivity index (χ3v) is 5.03. The van der Waals surface area contributed by atoms with Gasteiger partial charge in [0.15, 0.2) is 0 Å². The molecule has 0 aromatic carbocycles. The minimum Gasteiger partial charge on any atom is -0.489 e. The maximum Gasteiger partial charge on any atom is 0.272 e. The van der Waals surface area contributed by atoms with E-state index in [2.05, 4.69) is 25.9 Å². The topological polar surface area (TPSA) is 92.8 Å². The SMILES string of the molecule is CC(C)Oc1c(C(=O)Nc2nn[nH]n2)sc2c1CSC2. The molecule has 1 amide bonds. The number of nitrogens with zero attached hydrogens (tertiary/aromatic N) is 3. The molecular weight excluding hydrogens is 298 g/mol. The van der Waals surface area contributed by atoms with Crippen molar-refractivity contribution in [1.29, 1.82) is 0 Å². The molecule has 0 saturated carbocycles. The summed E-state index contributed by atoms with van der Waals surface area (Å²) in [5.41, 5.74) is 1.15. The van der Waals surface area contributed by atoms with Gasteiger partial charge in [-0.05, 0) is 19.1 Å². The van der Waals surface area contributed by atoms with Gasteiger partial charge in [0.05, 0.1) is 6.10 Å². The fraction of sp³-hybridized carbons (Fsp3) is 0.455. The van der Waals surface area contributed by atoms with Gasteiger partial charge < -0.3 is 4.74 Å². The van der Waals surface area contributed by atoms with Crippen molar-refractivity contribution in [2.45, 2.75) is 31.5 Å². The van der Waals surface area contributed by atoms with Crippen LogP contribution in [0.1, 0.15) is 34.0 Å². The number of aromatic nitrogens is 4. The predicted octanol–water partition coefficient (Wildman–Crippen LogP) is 2.05. The third-order valence-electron chi connectivity index (χ3n) is 2.65.